The maximum Gasteiger partial charge on any atom is 0.320 e. The highest BCUT2D eigenvalue weighted by atomic mass is 35.5. The normalized spacial score (nSPS) is 18.2. The summed E-state index contributed by atoms with van der Waals surface area (Å²) in [5.74, 6) is -1.41. The minimum atomic E-state index is -1.01. The minimum Gasteiger partial charge on any atom is -0.484 e. The highest BCUT2D eigenvalue weighted by Crippen LogP contribution is 2.42. The molecule has 7 nitrogen and oxygen atoms in total. The van der Waals surface area contributed by atoms with Gasteiger partial charge in [0.15, 0.2) is 11.9 Å². The fourth-order valence-electron chi connectivity index (χ4n) is 3.67. The average molecular weight is 513 g/mol. The zero-order chi connectivity index (χ0) is 24.5. The molecule has 0 spiro atoms. The number of ketones is 1. The number of hydrogen-bond acceptors (Lipinski definition) is 6. The number of carbonyl (C=O) groups is 3. The average Bonchev–Trinajstić information content (AvgIpc) is 2.71. The lowest BCUT2D eigenvalue weighted by Crippen LogP contribution is -2.56. The van der Waals surface area contributed by atoms with Crippen molar-refractivity contribution in [3.63, 3.8) is 0 Å². The molecule has 1 heterocycles. The zero-order valence-corrected chi connectivity index (χ0v) is 21.1. The van der Waals surface area contributed by atoms with E-state index in [1.54, 1.807) is 51.0 Å². The number of hydrogen-bond donors (Lipinski definition) is 1. The van der Waals surface area contributed by atoms with Crippen LogP contribution in [0.15, 0.2) is 36.4 Å². The molecule has 0 saturated heterocycles. The van der Waals surface area contributed by atoms with Crippen LogP contribution in [-0.4, -0.2) is 54.9 Å². The summed E-state index contributed by atoms with van der Waals surface area (Å²) in [6, 6.07) is 7.68. The first-order valence-corrected chi connectivity index (χ1v) is 10.7. The van der Waals surface area contributed by atoms with Crippen LogP contribution in [-0.2, 0) is 9.53 Å². The van der Waals surface area contributed by atoms with Crippen LogP contribution in [0.5, 0.6) is 5.75 Å². The Morgan fingerprint density at radius 3 is 2.38 bits per heavy atom. The van der Waals surface area contributed by atoms with E-state index in [1.807, 2.05) is 0 Å². The summed E-state index contributed by atoms with van der Waals surface area (Å²) in [6.07, 6.45) is -0.917. The molecule has 1 aliphatic heterocycles. The van der Waals surface area contributed by atoms with Gasteiger partial charge in [-0.1, -0.05) is 11.6 Å². The second-order valence-corrected chi connectivity index (χ2v) is 9.15. The summed E-state index contributed by atoms with van der Waals surface area (Å²) in [7, 11) is 3.46. The number of carbonyl (C=O) groups excluding carboxylic acids is 3. The third kappa shape index (κ3) is 6.05. The Labute approximate surface area is 209 Å². The molecule has 0 bridgehead atoms. The van der Waals surface area contributed by atoms with E-state index >= 15 is 0 Å². The molecule has 3 rings (SSSR count). The van der Waals surface area contributed by atoms with Crippen LogP contribution in [0.3, 0.4) is 0 Å². The van der Waals surface area contributed by atoms with Crippen molar-refractivity contribution in [1.29, 1.82) is 0 Å². The SMILES string of the molecule is CC(=O)c1ccc2c(c1)[C@@H](NC(=O)c1ccc(F)c(Cl)c1)[C@H](OC(=O)CN(C)C)C(C)(C)O2.Cl. The van der Waals surface area contributed by atoms with Crippen molar-refractivity contribution in [3.8, 4) is 5.75 Å². The van der Waals surface area contributed by atoms with Gasteiger partial charge in [-0.3, -0.25) is 19.3 Å². The lowest BCUT2D eigenvalue weighted by molar-refractivity contribution is -0.166. The minimum absolute atomic E-state index is 0. The quantitative estimate of drug-likeness (QED) is 0.460. The van der Waals surface area contributed by atoms with Crippen LogP contribution in [0.25, 0.3) is 0 Å². The van der Waals surface area contributed by atoms with E-state index in [4.69, 9.17) is 21.1 Å². The highest BCUT2D eigenvalue weighted by molar-refractivity contribution is 6.31. The Kier molecular flexibility index (Phi) is 8.69. The number of halogens is 3. The molecular formula is C24H27Cl2FN2O5. The molecule has 0 saturated carbocycles. The van der Waals surface area contributed by atoms with Gasteiger partial charge in [0.1, 0.15) is 17.2 Å². The standard InChI is InChI=1S/C24H26ClFN2O5.ClH/c1-13(29)14-7-9-19-16(10-14)21(27-23(31)15-6-8-18(26)17(25)11-15)22(24(2,3)33-19)32-20(30)12-28(4)5;/h6-11,21-22H,12H2,1-5H3,(H,27,31);1H/t21-,22+;/m1./s1. The summed E-state index contributed by atoms with van der Waals surface area (Å²) in [6.45, 7) is 4.95. The van der Waals surface area contributed by atoms with Crippen molar-refractivity contribution in [2.45, 2.75) is 38.5 Å². The van der Waals surface area contributed by atoms with Gasteiger partial charge in [-0.05, 0) is 71.3 Å². The molecule has 2 aromatic carbocycles. The monoisotopic (exact) mass is 512 g/mol. The highest BCUT2D eigenvalue weighted by Gasteiger charge is 2.47. The number of amides is 1. The molecule has 1 amide bonds. The first kappa shape index (κ1) is 27.6. The third-order valence-corrected chi connectivity index (χ3v) is 5.57. The summed E-state index contributed by atoms with van der Waals surface area (Å²) in [4.78, 5) is 39.3. The number of benzene rings is 2. The lowest BCUT2D eigenvalue weighted by Gasteiger charge is -2.44. The van der Waals surface area contributed by atoms with Crippen LogP contribution in [0.4, 0.5) is 4.39 Å². The molecule has 184 valence electrons. The van der Waals surface area contributed by atoms with Gasteiger partial charge in [0.2, 0.25) is 0 Å². The fourth-order valence-corrected chi connectivity index (χ4v) is 3.85. The predicted octanol–water partition coefficient (Wildman–Crippen LogP) is 4.22. The maximum absolute atomic E-state index is 13.6. The molecule has 0 aromatic heterocycles. The van der Waals surface area contributed by atoms with E-state index in [0.29, 0.717) is 16.9 Å². The van der Waals surface area contributed by atoms with Crippen LogP contribution < -0.4 is 10.1 Å². The topological polar surface area (TPSA) is 84.9 Å². The molecule has 2 atom stereocenters. The van der Waals surface area contributed by atoms with Gasteiger partial charge in [0, 0.05) is 16.7 Å². The second kappa shape index (κ2) is 10.7. The number of ether oxygens (including phenoxy) is 2. The van der Waals surface area contributed by atoms with Crippen molar-refractivity contribution in [2.24, 2.45) is 0 Å². The second-order valence-electron chi connectivity index (χ2n) is 8.74. The number of nitrogens with zero attached hydrogens (tertiary/aromatic N) is 1. The van der Waals surface area contributed by atoms with Crippen LogP contribution in [0, 0.1) is 5.82 Å². The molecule has 0 radical (unpaired) electrons. The number of esters is 1. The van der Waals surface area contributed by atoms with Crippen molar-refractivity contribution < 1.29 is 28.2 Å². The molecule has 0 aliphatic carbocycles. The van der Waals surface area contributed by atoms with Gasteiger partial charge in [-0.2, -0.15) is 0 Å². The van der Waals surface area contributed by atoms with E-state index < -0.39 is 35.4 Å². The van der Waals surface area contributed by atoms with Crippen molar-refractivity contribution >= 4 is 41.7 Å². The third-order valence-electron chi connectivity index (χ3n) is 5.28. The molecular weight excluding hydrogens is 486 g/mol. The number of Topliss-reactive ketones (excluding diaryl/α,β-unsaturated/α-hetero) is 1. The maximum atomic E-state index is 13.6. The summed E-state index contributed by atoms with van der Waals surface area (Å²) in [5, 5.41) is 2.67. The van der Waals surface area contributed by atoms with Crippen molar-refractivity contribution in [3.05, 3.63) is 63.9 Å². The number of likely N-dealkylation sites (N-methyl/N-ethyl adjacent to an activating group) is 1. The molecule has 1 N–H and O–H groups in total. The molecule has 34 heavy (non-hydrogen) atoms. The van der Waals surface area contributed by atoms with Gasteiger partial charge in [0.25, 0.3) is 5.91 Å². The molecule has 2 aromatic rings. The van der Waals surface area contributed by atoms with Gasteiger partial charge < -0.3 is 14.8 Å². The van der Waals surface area contributed by atoms with Gasteiger partial charge in [-0.15, -0.1) is 12.4 Å². The summed E-state index contributed by atoms with van der Waals surface area (Å²) in [5.41, 5.74) is 0.0320. The molecule has 1 aliphatic rings. The Hall–Kier alpha value is -2.68. The Morgan fingerprint density at radius 2 is 1.79 bits per heavy atom. The summed E-state index contributed by atoms with van der Waals surface area (Å²) >= 11 is 5.84. The Balaban J connectivity index is 0.00000408. The van der Waals surface area contributed by atoms with Gasteiger partial charge >= 0.3 is 5.97 Å². The number of rotatable bonds is 6. The van der Waals surface area contributed by atoms with E-state index in [2.05, 4.69) is 5.32 Å². The molecule has 10 heteroatoms. The first-order valence-electron chi connectivity index (χ1n) is 10.3. The van der Waals surface area contributed by atoms with E-state index in [0.717, 1.165) is 6.07 Å². The Bertz CT molecular complexity index is 1110. The predicted molar refractivity (Wildman–Crippen MR) is 128 cm³/mol. The largest absolute Gasteiger partial charge is 0.484 e. The molecule has 0 unspecified atom stereocenters. The van der Waals surface area contributed by atoms with E-state index in [9.17, 15) is 18.8 Å². The number of fused-ring (bicyclic) bond motifs is 1. The molecule has 0 fully saturated rings. The first-order chi connectivity index (χ1) is 15.4. The van der Waals surface area contributed by atoms with Crippen molar-refractivity contribution in [2.75, 3.05) is 20.6 Å². The van der Waals surface area contributed by atoms with Gasteiger partial charge in [-0.25, -0.2) is 4.39 Å². The number of nitrogens with one attached hydrogen (secondary N) is 1. The van der Waals surface area contributed by atoms with Crippen molar-refractivity contribution in [1.82, 2.24) is 10.2 Å². The smallest absolute Gasteiger partial charge is 0.320 e. The van der Waals surface area contributed by atoms with Crippen LogP contribution >= 0.6 is 24.0 Å². The van der Waals surface area contributed by atoms with Crippen LogP contribution in [0.2, 0.25) is 5.02 Å². The Morgan fingerprint density at radius 1 is 1.15 bits per heavy atom. The van der Waals surface area contributed by atoms with Crippen LogP contribution in [0.1, 0.15) is 53.1 Å². The summed E-state index contributed by atoms with van der Waals surface area (Å²) < 4.78 is 25.5. The zero-order valence-electron chi connectivity index (χ0n) is 19.5. The lowest BCUT2D eigenvalue weighted by atomic mass is 9.85. The van der Waals surface area contributed by atoms with Gasteiger partial charge in [0.05, 0.1) is 17.6 Å². The van der Waals surface area contributed by atoms with E-state index in [-0.39, 0.29) is 35.3 Å². The fraction of sp³-hybridized carbons (Fsp3) is 0.375. The van der Waals surface area contributed by atoms with E-state index in [1.165, 1.54) is 19.1 Å².